The molecule has 0 radical (unpaired) electrons. The third kappa shape index (κ3) is 4.03. The average Bonchev–Trinajstić information content (AvgIpc) is 3.52. The van der Waals surface area contributed by atoms with E-state index in [2.05, 4.69) is 20.4 Å². The van der Waals surface area contributed by atoms with Crippen LogP contribution in [-0.4, -0.2) is 30.2 Å². The lowest BCUT2D eigenvalue weighted by Crippen LogP contribution is -2.27. The van der Waals surface area contributed by atoms with E-state index in [9.17, 15) is 9.59 Å². The van der Waals surface area contributed by atoms with Gasteiger partial charge < -0.3 is 5.32 Å². The van der Waals surface area contributed by atoms with Crippen molar-refractivity contribution in [3.63, 3.8) is 0 Å². The summed E-state index contributed by atoms with van der Waals surface area (Å²) in [6, 6.07) is 11.4. The molecule has 1 amide bonds. The van der Waals surface area contributed by atoms with E-state index in [1.807, 2.05) is 41.1 Å². The molecule has 10 heteroatoms. The van der Waals surface area contributed by atoms with Gasteiger partial charge in [-0.1, -0.05) is 18.2 Å². The molecule has 5 rings (SSSR count). The van der Waals surface area contributed by atoms with Crippen molar-refractivity contribution in [3.05, 3.63) is 82.1 Å². The minimum atomic E-state index is -0.297. The van der Waals surface area contributed by atoms with Gasteiger partial charge in [0.05, 0.1) is 18.3 Å². The third-order valence-corrected chi connectivity index (χ3v) is 6.47. The fourth-order valence-corrected chi connectivity index (χ4v) is 5.02. The van der Waals surface area contributed by atoms with Gasteiger partial charge in [0.25, 0.3) is 5.56 Å². The van der Waals surface area contributed by atoms with Crippen LogP contribution in [0.25, 0.3) is 20.7 Å². The van der Waals surface area contributed by atoms with E-state index in [1.54, 1.807) is 28.4 Å². The summed E-state index contributed by atoms with van der Waals surface area (Å²) in [5.74, 6) is -0.297. The zero-order valence-corrected chi connectivity index (χ0v) is 17.8. The molecule has 0 spiro atoms. The molecule has 31 heavy (non-hydrogen) atoms. The number of amides is 1. The summed E-state index contributed by atoms with van der Waals surface area (Å²) in [5.41, 5.74) is 2.27. The molecule has 4 heterocycles. The largest absolute Gasteiger partial charge is 0.325 e. The number of benzene rings is 1. The predicted octanol–water partition coefficient (Wildman–Crippen LogP) is 3.47. The van der Waals surface area contributed by atoms with Gasteiger partial charge in [-0.2, -0.15) is 5.10 Å². The molecule has 0 aliphatic rings. The van der Waals surface area contributed by atoms with Crippen LogP contribution in [0.15, 0.2) is 70.9 Å². The van der Waals surface area contributed by atoms with Gasteiger partial charge in [-0.15, -0.1) is 22.7 Å². The number of carbonyl (C=O) groups is 1. The first-order valence-corrected chi connectivity index (χ1v) is 11.1. The topological polar surface area (TPSA) is 94.7 Å². The lowest BCUT2D eigenvalue weighted by Gasteiger charge is -2.09. The summed E-state index contributed by atoms with van der Waals surface area (Å²) in [7, 11) is 0. The molecule has 5 aromatic rings. The number of aromatic nitrogens is 5. The van der Waals surface area contributed by atoms with Crippen molar-refractivity contribution in [1.82, 2.24) is 24.3 Å². The molecule has 154 valence electrons. The highest BCUT2D eigenvalue weighted by molar-refractivity contribution is 7.18. The number of anilines is 1. The van der Waals surface area contributed by atoms with Crippen LogP contribution in [-0.2, 0) is 17.9 Å². The maximum atomic E-state index is 13.1. The summed E-state index contributed by atoms with van der Waals surface area (Å²) in [6.45, 7) is 0.433. The van der Waals surface area contributed by atoms with Crippen LogP contribution in [0.1, 0.15) is 5.56 Å². The molecule has 0 aliphatic heterocycles. The maximum absolute atomic E-state index is 13.1. The second-order valence-electron chi connectivity index (χ2n) is 6.83. The molecule has 0 bridgehead atoms. The quantitative estimate of drug-likeness (QED) is 0.429. The number of carbonyl (C=O) groups excluding carboxylic acids is 1. The van der Waals surface area contributed by atoms with E-state index in [4.69, 9.17) is 0 Å². The Morgan fingerprint density at radius 1 is 1.13 bits per heavy atom. The number of nitrogens with one attached hydrogen (secondary N) is 1. The highest BCUT2D eigenvalue weighted by atomic mass is 32.1. The molecular formula is C21H16N6O2S2. The smallest absolute Gasteiger partial charge is 0.263 e. The molecule has 1 N–H and O–H groups in total. The van der Waals surface area contributed by atoms with Gasteiger partial charge in [0.1, 0.15) is 24.0 Å². The Morgan fingerprint density at radius 2 is 2.06 bits per heavy atom. The second kappa shape index (κ2) is 8.25. The predicted molar refractivity (Wildman–Crippen MR) is 121 cm³/mol. The van der Waals surface area contributed by atoms with E-state index >= 15 is 0 Å². The van der Waals surface area contributed by atoms with Gasteiger partial charge >= 0.3 is 0 Å². The van der Waals surface area contributed by atoms with Crippen molar-refractivity contribution in [3.8, 4) is 10.4 Å². The Bertz CT molecular complexity index is 1400. The van der Waals surface area contributed by atoms with Gasteiger partial charge in [-0.3, -0.25) is 14.2 Å². The zero-order chi connectivity index (χ0) is 21.2. The molecule has 8 nitrogen and oxygen atoms in total. The maximum Gasteiger partial charge on any atom is 0.263 e. The minimum absolute atomic E-state index is 0.116. The van der Waals surface area contributed by atoms with E-state index in [0.29, 0.717) is 22.4 Å². The summed E-state index contributed by atoms with van der Waals surface area (Å²) in [6.07, 6.45) is 4.54. The Morgan fingerprint density at radius 3 is 2.87 bits per heavy atom. The van der Waals surface area contributed by atoms with Gasteiger partial charge in [0.15, 0.2) is 0 Å². The van der Waals surface area contributed by atoms with Gasteiger partial charge in [-0.25, -0.2) is 14.6 Å². The summed E-state index contributed by atoms with van der Waals surface area (Å²) < 4.78 is 3.05. The Hall–Kier alpha value is -3.63. The zero-order valence-electron chi connectivity index (χ0n) is 16.1. The first kappa shape index (κ1) is 19.3. The standard InChI is InChI=1S/C21H16N6O2S2/c28-18(25-15-4-1-3-14(7-15)8-27-12-22-11-24-27)9-26-13-23-20-19(21(26)29)16(10-31-20)17-5-2-6-30-17/h1-7,10-13H,8-9H2,(H,25,28). The van der Waals surface area contributed by atoms with E-state index in [-0.39, 0.29) is 18.0 Å². The molecule has 0 unspecified atom stereocenters. The molecule has 0 saturated carbocycles. The van der Waals surface area contributed by atoms with Crippen LogP contribution in [0, 0.1) is 0 Å². The van der Waals surface area contributed by atoms with Crippen molar-refractivity contribution in [1.29, 1.82) is 0 Å². The fraction of sp³-hybridized carbons (Fsp3) is 0.0952. The molecule has 4 aromatic heterocycles. The number of hydrogen-bond donors (Lipinski definition) is 1. The molecule has 1 aromatic carbocycles. The third-order valence-electron chi connectivity index (χ3n) is 4.68. The number of nitrogens with zero attached hydrogens (tertiary/aromatic N) is 5. The van der Waals surface area contributed by atoms with Crippen molar-refractivity contribution in [2.75, 3.05) is 5.32 Å². The van der Waals surface area contributed by atoms with Crippen LogP contribution < -0.4 is 10.9 Å². The molecule has 0 aliphatic carbocycles. The van der Waals surface area contributed by atoms with Crippen LogP contribution in [0.2, 0.25) is 0 Å². The monoisotopic (exact) mass is 448 g/mol. The van der Waals surface area contributed by atoms with Crippen LogP contribution in [0.5, 0.6) is 0 Å². The van der Waals surface area contributed by atoms with Gasteiger partial charge in [0.2, 0.25) is 5.91 Å². The Labute approximate surface area is 184 Å². The number of rotatable bonds is 6. The lowest BCUT2D eigenvalue weighted by atomic mass is 10.2. The van der Waals surface area contributed by atoms with Crippen molar-refractivity contribution < 1.29 is 4.79 Å². The molecule has 0 atom stereocenters. The first-order valence-electron chi connectivity index (χ1n) is 9.39. The average molecular weight is 449 g/mol. The highest BCUT2D eigenvalue weighted by Crippen LogP contribution is 2.33. The molecular weight excluding hydrogens is 432 g/mol. The summed E-state index contributed by atoms with van der Waals surface area (Å²) in [5, 5.41) is 11.4. The first-order chi connectivity index (χ1) is 15.2. The molecule has 0 fully saturated rings. The Kier molecular flexibility index (Phi) is 5.14. The highest BCUT2D eigenvalue weighted by Gasteiger charge is 2.15. The molecule has 0 saturated heterocycles. The van der Waals surface area contributed by atoms with Crippen LogP contribution in [0.3, 0.4) is 0 Å². The van der Waals surface area contributed by atoms with E-state index < -0.39 is 0 Å². The summed E-state index contributed by atoms with van der Waals surface area (Å²) >= 11 is 3.00. The van der Waals surface area contributed by atoms with Gasteiger partial charge in [-0.05, 0) is 29.1 Å². The van der Waals surface area contributed by atoms with E-state index in [0.717, 1.165) is 16.0 Å². The lowest BCUT2D eigenvalue weighted by molar-refractivity contribution is -0.116. The van der Waals surface area contributed by atoms with Crippen LogP contribution in [0.4, 0.5) is 5.69 Å². The fourth-order valence-electron chi connectivity index (χ4n) is 3.30. The normalized spacial score (nSPS) is 11.1. The van der Waals surface area contributed by atoms with Gasteiger partial charge in [0, 0.05) is 21.5 Å². The second-order valence-corrected chi connectivity index (χ2v) is 8.63. The SMILES string of the molecule is O=C(Cn1cnc2scc(-c3cccs3)c2c1=O)Nc1cccc(Cn2cncn2)c1. The minimum Gasteiger partial charge on any atom is -0.325 e. The number of fused-ring (bicyclic) bond motifs is 1. The van der Waals surface area contributed by atoms with E-state index in [1.165, 1.54) is 28.6 Å². The van der Waals surface area contributed by atoms with Crippen LogP contribution >= 0.6 is 22.7 Å². The van der Waals surface area contributed by atoms with Crippen molar-refractivity contribution >= 4 is 44.5 Å². The van der Waals surface area contributed by atoms with Crippen molar-refractivity contribution in [2.24, 2.45) is 0 Å². The number of thiophene rings is 2. The number of hydrogen-bond acceptors (Lipinski definition) is 7. The van der Waals surface area contributed by atoms with Crippen molar-refractivity contribution in [2.45, 2.75) is 13.1 Å². The summed E-state index contributed by atoms with van der Waals surface area (Å²) in [4.78, 5) is 35.7. The Balaban J connectivity index is 1.36.